The number of nitrogens with one attached hydrogen (secondary N) is 2. The number of H-pyrrole nitrogens is 1. The van der Waals surface area contributed by atoms with Gasteiger partial charge in [0.15, 0.2) is 0 Å². The van der Waals surface area contributed by atoms with Gasteiger partial charge in [-0.25, -0.2) is 0 Å². The molecule has 2 N–H and O–H groups in total. The molecule has 1 aromatic heterocycles. The Hall–Kier alpha value is -3.65. The van der Waals surface area contributed by atoms with Gasteiger partial charge in [0.1, 0.15) is 11.6 Å². The Morgan fingerprint density at radius 3 is 2.57 bits per heavy atom. The fourth-order valence-electron chi connectivity index (χ4n) is 2.94. The highest BCUT2D eigenvalue weighted by Gasteiger charge is 2.15. The summed E-state index contributed by atoms with van der Waals surface area (Å²) in [5.41, 5.74) is 4.68. The van der Waals surface area contributed by atoms with Crippen LogP contribution in [0.5, 0.6) is 0 Å². The number of aryl methyl sites for hydroxylation is 1. The van der Waals surface area contributed by atoms with Gasteiger partial charge in [-0.1, -0.05) is 61.5 Å². The van der Waals surface area contributed by atoms with Crippen molar-refractivity contribution in [3.05, 3.63) is 83.1 Å². The first kappa shape index (κ1) is 19.1. The monoisotopic (exact) mass is 370 g/mol. The maximum atomic E-state index is 12.6. The maximum absolute atomic E-state index is 12.6. The zero-order valence-corrected chi connectivity index (χ0v) is 15.9. The Labute approximate surface area is 164 Å². The van der Waals surface area contributed by atoms with Crippen LogP contribution in [-0.2, 0) is 11.2 Å². The largest absolute Gasteiger partial charge is 0.345 e. The molecular formula is C23H22N4O. The predicted molar refractivity (Wildman–Crippen MR) is 110 cm³/mol. The van der Waals surface area contributed by atoms with Crippen LogP contribution in [0.25, 0.3) is 17.3 Å². The van der Waals surface area contributed by atoms with Crippen LogP contribution in [0.1, 0.15) is 36.6 Å². The summed E-state index contributed by atoms with van der Waals surface area (Å²) in [6.45, 7) is 4.00. The van der Waals surface area contributed by atoms with Gasteiger partial charge in [0.25, 0.3) is 5.91 Å². The predicted octanol–water partition coefficient (Wildman–Crippen LogP) is 4.42. The maximum Gasteiger partial charge on any atom is 0.262 e. The number of carbonyl (C=O) groups is 1. The van der Waals surface area contributed by atoms with Crippen molar-refractivity contribution in [1.82, 2.24) is 15.5 Å². The van der Waals surface area contributed by atoms with Gasteiger partial charge in [-0.15, -0.1) is 0 Å². The summed E-state index contributed by atoms with van der Waals surface area (Å²) in [7, 11) is 0. The highest BCUT2D eigenvalue weighted by Crippen LogP contribution is 2.23. The van der Waals surface area contributed by atoms with Gasteiger partial charge in [-0.05, 0) is 30.5 Å². The molecule has 5 nitrogen and oxygen atoms in total. The molecule has 0 aliphatic carbocycles. The number of rotatable bonds is 6. The lowest BCUT2D eigenvalue weighted by Gasteiger charge is -2.14. The zero-order valence-electron chi connectivity index (χ0n) is 15.9. The molecule has 1 amide bonds. The van der Waals surface area contributed by atoms with Crippen molar-refractivity contribution >= 4 is 12.0 Å². The van der Waals surface area contributed by atoms with Gasteiger partial charge in [-0.2, -0.15) is 10.4 Å². The molecule has 0 saturated heterocycles. The first-order valence-electron chi connectivity index (χ1n) is 9.22. The summed E-state index contributed by atoms with van der Waals surface area (Å²) < 4.78 is 0. The minimum absolute atomic E-state index is 0.0376. The summed E-state index contributed by atoms with van der Waals surface area (Å²) in [5.74, 6) is -0.408. The number of benzene rings is 2. The van der Waals surface area contributed by atoms with Crippen LogP contribution in [0.4, 0.5) is 0 Å². The first-order chi connectivity index (χ1) is 13.6. The average Bonchev–Trinajstić information content (AvgIpc) is 3.20. The lowest BCUT2D eigenvalue weighted by atomic mass is 10.0. The number of carbonyl (C=O) groups excluding carboxylic acids is 1. The minimum Gasteiger partial charge on any atom is -0.345 e. The highest BCUT2D eigenvalue weighted by atomic mass is 16.1. The molecule has 0 spiro atoms. The molecule has 3 aromatic rings. The number of hydrogen-bond acceptors (Lipinski definition) is 3. The second kappa shape index (κ2) is 8.83. The Kier molecular flexibility index (Phi) is 6.03. The van der Waals surface area contributed by atoms with Crippen LogP contribution in [-0.4, -0.2) is 16.1 Å². The molecule has 3 rings (SSSR count). The fraction of sp³-hybridized carbons (Fsp3) is 0.174. The second-order valence-corrected chi connectivity index (χ2v) is 6.53. The van der Waals surface area contributed by atoms with E-state index in [0.717, 1.165) is 23.2 Å². The lowest BCUT2D eigenvalue weighted by molar-refractivity contribution is -0.117. The van der Waals surface area contributed by atoms with Crippen LogP contribution < -0.4 is 5.32 Å². The Morgan fingerprint density at radius 1 is 1.21 bits per heavy atom. The van der Waals surface area contributed by atoms with Crippen LogP contribution in [0.15, 0.2) is 66.4 Å². The van der Waals surface area contributed by atoms with Crippen molar-refractivity contribution in [3.8, 4) is 17.3 Å². The van der Waals surface area contributed by atoms with Gasteiger partial charge >= 0.3 is 0 Å². The van der Waals surface area contributed by atoms with E-state index in [2.05, 4.69) is 34.6 Å². The van der Waals surface area contributed by atoms with Crippen LogP contribution in [0, 0.1) is 11.3 Å². The van der Waals surface area contributed by atoms with Gasteiger partial charge in [0.05, 0.1) is 17.9 Å². The molecule has 0 saturated carbocycles. The molecule has 2 aromatic carbocycles. The standard InChI is InChI=1S/C23H22N4O/c1-3-17-9-11-18(12-10-17)16(2)26-23(28)20(14-24)13-21-15-25-27-22(21)19-7-5-4-6-8-19/h4-13,15-16H,3H2,1-2H3,(H,25,27)(H,26,28)/b20-13+/t16-/m0/s1. The lowest BCUT2D eigenvalue weighted by Crippen LogP contribution is -2.27. The van der Waals surface area contributed by atoms with Gasteiger partial charge < -0.3 is 5.32 Å². The molecule has 1 atom stereocenters. The molecular weight excluding hydrogens is 348 g/mol. The fourth-order valence-corrected chi connectivity index (χ4v) is 2.94. The number of nitrogens with zero attached hydrogens (tertiary/aromatic N) is 2. The third-order valence-electron chi connectivity index (χ3n) is 4.63. The molecule has 0 unspecified atom stereocenters. The highest BCUT2D eigenvalue weighted by molar-refractivity contribution is 6.02. The number of aromatic amines is 1. The number of amides is 1. The molecule has 0 radical (unpaired) electrons. The minimum atomic E-state index is -0.408. The summed E-state index contributed by atoms with van der Waals surface area (Å²) in [6, 6.07) is 19.6. The Balaban J connectivity index is 1.79. The van der Waals surface area contributed by atoms with E-state index in [1.807, 2.05) is 55.5 Å². The molecule has 0 aliphatic rings. The van der Waals surface area contributed by atoms with Crippen molar-refractivity contribution in [1.29, 1.82) is 5.26 Å². The molecule has 0 bridgehead atoms. The Bertz CT molecular complexity index is 1010. The number of aromatic nitrogens is 2. The molecule has 140 valence electrons. The van der Waals surface area contributed by atoms with Crippen molar-refractivity contribution < 1.29 is 4.79 Å². The van der Waals surface area contributed by atoms with E-state index in [1.165, 1.54) is 5.56 Å². The van der Waals surface area contributed by atoms with E-state index in [4.69, 9.17) is 0 Å². The molecule has 0 fully saturated rings. The van der Waals surface area contributed by atoms with E-state index in [0.29, 0.717) is 5.56 Å². The average molecular weight is 370 g/mol. The van der Waals surface area contributed by atoms with Crippen molar-refractivity contribution in [2.45, 2.75) is 26.3 Å². The van der Waals surface area contributed by atoms with Crippen LogP contribution >= 0.6 is 0 Å². The smallest absolute Gasteiger partial charge is 0.262 e. The van der Waals surface area contributed by atoms with Crippen LogP contribution in [0.2, 0.25) is 0 Å². The van der Waals surface area contributed by atoms with Crippen molar-refractivity contribution in [2.24, 2.45) is 0 Å². The van der Waals surface area contributed by atoms with Gasteiger partial charge in [-0.3, -0.25) is 9.89 Å². The zero-order chi connectivity index (χ0) is 19.9. The third-order valence-corrected chi connectivity index (χ3v) is 4.63. The van der Waals surface area contributed by atoms with Crippen molar-refractivity contribution in [3.63, 3.8) is 0 Å². The topological polar surface area (TPSA) is 81.6 Å². The normalized spacial score (nSPS) is 12.2. The summed E-state index contributed by atoms with van der Waals surface area (Å²) in [4.78, 5) is 12.6. The second-order valence-electron chi connectivity index (χ2n) is 6.53. The van der Waals surface area contributed by atoms with E-state index >= 15 is 0 Å². The SMILES string of the molecule is CCc1ccc([C@H](C)NC(=O)/C(C#N)=C/c2cn[nH]c2-c2ccccc2)cc1. The van der Waals surface area contributed by atoms with E-state index in [1.54, 1.807) is 12.3 Å². The summed E-state index contributed by atoms with van der Waals surface area (Å²) in [6.07, 6.45) is 4.14. The van der Waals surface area contributed by atoms with Gasteiger partial charge in [0, 0.05) is 11.1 Å². The molecule has 1 heterocycles. The summed E-state index contributed by atoms with van der Waals surface area (Å²) >= 11 is 0. The molecule has 0 aliphatic heterocycles. The Morgan fingerprint density at radius 2 is 1.93 bits per heavy atom. The van der Waals surface area contributed by atoms with Crippen LogP contribution in [0.3, 0.4) is 0 Å². The third kappa shape index (κ3) is 4.36. The van der Waals surface area contributed by atoms with Gasteiger partial charge in [0.2, 0.25) is 0 Å². The number of hydrogen-bond donors (Lipinski definition) is 2. The quantitative estimate of drug-likeness (QED) is 0.498. The summed E-state index contributed by atoms with van der Waals surface area (Å²) in [5, 5.41) is 19.4. The van der Waals surface area contributed by atoms with E-state index in [9.17, 15) is 10.1 Å². The molecule has 5 heteroatoms. The first-order valence-corrected chi connectivity index (χ1v) is 9.22. The van der Waals surface area contributed by atoms with E-state index in [-0.39, 0.29) is 11.6 Å². The molecule has 28 heavy (non-hydrogen) atoms. The van der Waals surface area contributed by atoms with Crippen molar-refractivity contribution in [2.75, 3.05) is 0 Å². The number of nitriles is 1. The van der Waals surface area contributed by atoms with E-state index < -0.39 is 5.91 Å².